The van der Waals surface area contributed by atoms with Gasteiger partial charge in [0.25, 0.3) is 5.78 Å². The summed E-state index contributed by atoms with van der Waals surface area (Å²) in [6, 6.07) is 0. The number of carbonyl (C=O) groups is 1. The van der Waals surface area contributed by atoms with Gasteiger partial charge in [-0.25, -0.2) is 14.4 Å². The molecule has 5 nitrogen and oxygen atoms in total. The summed E-state index contributed by atoms with van der Waals surface area (Å²) in [6.45, 7) is 0.331. The number of Topliss-reactive ketones (excluding diaryl/α,β-unsaturated/α-hetero) is 1. The Morgan fingerprint density at radius 2 is 1.95 bits per heavy atom. The standard InChI is InChI=1S/C11H13F3N4O/c12-7-11(13,14)9(19)8-10(17-2-1-16-8)18-5-3-15-4-6-18/h1-2,15H,3-7H2. The van der Waals surface area contributed by atoms with Gasteiger partial charge in [-0.2, -0.15) is 8.78 Å². The maximum Gasteiger partial charge on any atom is 0.339 e. The number of halogens is 3. The highest BCUT2D eigenvalue weighted by Gasteiger charge is 2.42. The Balaban J connectivity index is 2.33. The van der Waals surface area contributed by atoms with Crippen LogP contribution < -0.4 is 10.2 Å². The Labute approximate surface area is 107 Å². The summed E-state index contributed by atoms with van der Waals surface area (Å²) in [5, 5.41) is 3.09. The molecule has 0 radical (unpaired) electrons. The van der Waals surface area contributed by atoms with E-state index < -0.39 is 24.1 Å². The first-order valence-corrected chi connectivity index (χ1v) is 5.81. The molecule has 0 unspecified atom stereocenters. The fourth-order valence-corrected chi connectivity index (χ4v) is 1.83. The van der Waals surface area contributed by atoms with Gasteiger partial charge in [-0.3, -0.25) is 4.79 Å². The molecule has 1 aromatic rings. The fraction of sp³-hybridized carbons (Fsp3) is 0.545. The SMILES string of the molecule is O=C(c1nccnc1N1CCNCC1)C(F)(F)CF. The van der Waals surface area contributed by atoms with Crippen LogP contribution in [0.1, 0.15) is 10.5 Å². The van der Waals surface area contributed by atoms with Crippen molar-refractivity contribution < 1.29 is 18.0 Å². The van der Waals surface area contributed by atoms with Gasteiger partial charge in [0.05, 0.1) is 0 Å². The van der Waals surface area contributed by atoms with Gasteiger partial charge in [0, 0.05) is 38.6 Å². The number of piperazine rings is 1. The quantitative estimate of drug-likeness (QED) is 0.818. The molecule has 0 bridgehead atoms. The number of rotatable bonds is 4. The largest absolute Gasteiger partial charge is 0.352 e. The van der Waals surface area contributed by atoms with Crippen LogP contribution in [0.4, 0.5) is 19.0 Å². The van der Waals surface area contributed by atoms with Crippen molar-refractivity contribution in [2.45, 2.75) is 5.92 Å². The molecule has 0 spiro atoms. The van der Waals surface area contributed by atoms with Crippen LogP contribution in [0.3, 0.4) is 0 Å². The molecule has 1 aliphatic heterocycles. The predicted molar refractivity (Wildman–Crippen MR) is 62.4 cm³/mol. The first-order valence-electron chi connectivity index (χ1n) is 5.81. The molecule has 1 aromatic heterocycles. The molecule has 1 N–H and O–H groups in total. The molecular weight excluding hydrogens is 261 g/mol. The first-order chi connectivity index (χ1) is 9.06. The van der Waals surface area contributed by atoms with Gasteiger partial charge in [-0.05, 0) is 0 Å². The van der Waals surface area contributed by atoms with Gasteiger partial charge in [0.1, 0.15) is 0 Å². The Hall–Kier alpha value is -1.70. The molecule has 0 atom stereocenters. The average molecular weight is 274 g/mol. The molecule has 0 amide bonds. The predicted octanol–water partition coefficient (Wildman–Crippen LogP) is 0.674. The van der Waals surface area contributed by atoms with E-state index in [9.17, 15) is 18.0 Å². The molecule has 2 heterocycles. The van der Waals surface area contributed by atoms with Gasteiger partial charge in [-0.1, -0.05) is 0 Å². The third kappa shape index (κ3) is 2.83. The lowest BCUT2D eigenvalue weighted by molar-refractivity contribution is -0.00535. The zero-order valence-corrected chi connectivity index (χ0v) is 10.1. The topological polar surface area (TPSA) is 58.1 Å². The molecule has 0 aliphatic carbocycles. The van der Waals surface area contributed by atoms with E-state index >= 15 is 0 Å². The second kappa shape index (κ2) is 5.52. The lowest BCUT2D eigenvalue weighted by atomic mass is 10.1. The highest BCUT2D eigenvalue weighted by molar-refractivity contribution is 6.03. The molecule has 1 fully saturated rings. The number of anilines is 1. The maximum atomic E-state index is 13.2. The molecule has 2 rings (SSSR count). The Kier molecular flexibility index (Phi) is 3.98. The lowest BCUT2D eigenvalue weighted by Gasteiger charge is -2.29. The van der Waals surface area contributed by atoms with Crippen molar-refractivity contribution in [3.05, 3.63) is 18.1 Å². The van der Waals surface area contributed by atoms with Crippen molar-refractivity contribution in [2.24, 2.45) is 0 Å². The van der Waals surface area contributed by atoms with E-state index in [1.807, 2.05) is 0 Å². The summed E-state index contributed by atoms with van der Waals surface area (Å²) >= 11 is 0. The number of ketones is 1. The van der Waals surface area contributed by atoms with Crippen LogP contribution in [-0.4, -0.2) is 54.5 Å². The van der Waals surface area contributed by atoms with Crippen molar-refractivity contribution in [3.8, 4) is 0 Å². The normalized spacial score (nSPS) is 16.5. The smallest absolute Gasteiger partial charge is 0.339 e. The van der Waals surface area contributed by atoms with Gasteiger partial charge in [0.15, 0.2) is 18.2 Å². The van der Waals surface area contributed by atoms with Crippen molar-refractivity contribution in [1.29, 1.82) is 0 Å². The monoisotopic (exact) mass is 274 g/mol. The van der Waals surface area contributed by atoms with Gasteiger partial charge in [-0.15, -0.1) is 0 Å². The van der Waals surface area contributed by atoms with Crippen molar-refractivity contribution in [2.75, 3.05) is 37.8 Å². The zero-order chi connectivity index (χ0) is 13.9. The maximum absolute atomic E-state index is 13.2. The van der Waals surface area contributed by atoms with E-state index in [-0.39, 0.29) is 5.82 Å². The van der Waals surface area contributed by atoms with Crippen LogP contribution >= 0.6 is 0 Å². The van der Waals surface area contributed by atoms with Crippen LogP contribution in [0, 0.1) is 0 Å². The van der Waals surface area contributed by atoms with Crippen LogP contribution in [0.25, 0.3) is 0 Å². The Morgan fingerprint density at radius 1 is 1.32 bits per heavy atom. The Morgan fingerprint density at radius 3 is 2.58 bits per heavy atom. The summed E-state index contributed by atoms with van der Waals surface area (Å²) in [5.74, 6) is -5.60. The van der Waals surface area contributed by atoms with E-state index in [1.165, 1.54) is 6.20 Å². The zero-order valence-electron chi connectivity index (χ0n) is 10.1. The molecule has 1 saturated heterocycles. The minimum absolute atomic E-state index is 0.0853. The van der Waals surface area contributed by atoms with Crippen molar-refractivity contribution >= 4 is 11.6 Å². The second-order valence-corrected chi connectivity index (χ2v) is 4.13. The minimum atomic E-state index is -4.06. The van der Waals surface area contributed by atoms with E-state index in [4.69, 9.17) is 0 Å². The summed E-state index contributed by atoms with van der Waals surface area (Å²) in [6.07, 6.45) is 2.47. The van der Waals surface area contributed by atoms with E-state index in [0.717, 1.165) is 6.20 Å². The molecule has 0 saturated carbocycles. The molecule has 8 heteroatoms. The first kappa shape index (κ1) is 13.7. The molecule has 104 valence electrons. The number of alkyl halides is 3. The van der Waals surface area contributed by atoms with Crippen LogP contribution in [0.5, 0.6) is 0 Å². The number of aromatic nitrogens is 2. The van der Waals surface area contributed by atoms with Gasteiger partial charge in [0.2, 0.25) is 0 Å². The van der Waals surface area contributed by atoms with Gasteiger partial charge < -0.3 is 10.2 Å². The highest BCUT2D eigenvalue weighted by atomic mass is 19.3. The number of nitrogens with zero attached hydrogens (tertiary/aromatic N) is 3. The summed E-state index contributed by atoms with van der Waals surface area (Å²) in [5.41, 5.74) is -0.480. The summed E-state index contributed by atoms with van der Waals surface area (Å²) < 4.78 is 38.6. The molecule has 19 heavy (non-hydrogen) atoms. The number of hydrogen-bond acceptors (Lipinski definition) is 5. The highest BCUT2D eigenvalue weighted by Crippen LogP contribution is 2.25. The van der Waals surface area contributed by atoms with Crippen molar-refractivity contribution in [3.63, 3.8) is 0 Å². The van der Waals surface area contributed by atoms with E-state index in [2.05, 4.69) is 15.3 Å². The van der Waals surface area contributed by atoms with Crippen LogP contribution in [0.15, 0.2) is 12.4 Å². The molecule has 1 aliphatic rings. The minimum Gasteiger partial charge on any atom is -0.352 e. The lowest BCUT2D eigenvalue weighted by Crippen LogP contribution is -2.45. The van der Waals surface area contributed by atoms with Crippen LogP contribution in [0.2, 0.25) is 0 Å². The summed E-state index contributed by atoms with van der Waals surface area (Å²) in [4.78, 5) is 20.9. The fourth-order valence-electron chi connectivity index (χ4n) is 1.83. The van der Waals surface area contributed by atoms with E-state index in [1.54, 1.807) is 4.90 Å². The van der Waals surface area contributed by atoms with E-state index in [0.29, 0.717) is 26.2 Å². The number of nitrogens with one attached hydrogen (secondary N) is 1. The summed E-state index contributed by atoms with van der Waals surface area (Å²) in [7, 11) is 0. The van der Waals surface area contributed by atoms with Crippen molar-refractivity contribution in [1.82, 2.24) is 15.3 Å². The Bertz CT molecular complexity index is 463. The average Bonchev–Trinajstić information content (AvgIpc) is 2.47. The molecular formula is C11H13F3N4O. The molecule has 0 aromatic carbocycles. The number of carbonyl (C=O) groups excluding carboxylic acids is 1. The number of hydrogen-bond donors (Lipinski definition) is 1. The van der Waals surface area contributed by atoms with Crippen LogP contribution in [-0.2, 0) is 0 Å². The third-order valence-electron chi connectivity index (χ3n) is 2.81. The van der Waals surface area contributed by atoms with Gasteiger partial charge >= 0.3 is 5.92 Å². The second-order valence-electron chi connectivity index (χ2n) is 4.13. The third-order valence-corrected chi connectivity index (χ3v) is 2.81.